The Labute approximate surface area is 178 Å². The van der Waals surface area contributed by atoms with Crippen molar-refractivity contribution in [2.75, 3.05) is 5.32 Å². The zero-order valence-electron chi connectivity index (χ0n) is 16.6. The number of carbonyl (C=O) groups is 1. The highest BCUT2D eigenvalue weighted by Gasteiger charge is 2.16. The normalized spacial score (nSPS) is 10.9. The molecule has 1 amide bonds. The van der Waals surface area contributed by atoms with Crippen molar-refractivity contribution in [1.29, 1.82) is 0 Å². The molecule has 0 unspecified atom stereocenters. The molecule has 0 radical (unpaired) electrons. The number of nitrogens with one attached hydrogen (secondary N) is 1. The summed E-state index contributed by atoms with van der Waals surface area (Å²) >= 11 is 3.55. The molecule has 144 valence electrons. The largest absolute Gasteiger partial charge is 0.322 e. The standard InChI is InChI=1S/C25H21BrN2O/c1-15-9-10-20(12-16(15)2)27-25(29)22-14-23(18-7-5-4-6-8-18)28-24-17(3)11-19(26)13-21(22)24/h4-14H,1-3H3,(H,27,29). The monoisotopic (exact) mass is 444 g/mol. The van der Waals surface area contributed by atoms with E-state index in [1.165, 1.54) is 5.56 Å². The second-order valence-electron chi connectivity index (χ2n) is 7.29. The Kier molecular flexibility index (Phi) is 5.20. The smallest absolute Gasteiger partial charge is 0.256 e. The maximum Gasteiger partial charge on any atom is 0.256 e. The van der Waals surface area contributed by atoms with E-state index in [9.17, 15) is 4.79 Å². The van der Waals surface area contributed by atoms with Crippen LogP contribution < -0.4 is 5.32 Å². The summed E-state index contributed by atoms with van der Waals surface area (Å²) in [4.78, 5) is 18.1. The molecule has 0 aliphatic heterocycles. The number of aromatic nitrogens is 1. The first-order valence-corrected chi connectivity index (χ1v) is 10.3. The van der Waals surface area contributed by atoms with Crippen LogP contribution in [0.25, 0.3) is 22.2 Å². The minimum Gasteiger partial charge on any atom is -0.322 e. The molecular weight excluding hydrogens is 424 g/mol. The van der Waals surface area contributed by atoms with Gasteiger partial charge in [-0.15, -0.1) is 0 Å². The second kappa shape index (κ2) is 7.80. The van der Waals surface area contributed by atoms with E-state index in [1.807, 2.05) is 80.6 Å². The second-order valence-corrected chi connectivity index (χ2v) is 8.21. The summed E-state index contributed by atoms with van der Waals surface area (Å²) in [6.07, 6.45) is 0. The van der Waals surface area contributed by atoms with Crippen LogP contribution in [0.1, 0.15) is 27.0 Å². The molecule has 0 saturated carbocycles. The molecule has 4 rings (SSSR count). The van der Waals surface area contributed by atoms with Crippen LogP contribution in [0.5, 0.6) is 0 Å². The van der Waals surface area contributed by atoms with Gasteiger partial charge < -0.3 is 5.32 Å². The number of pyridine rings is 1. The Bertz CT molecular complexity index is 1230. The lowest BCUT2D eigenvalue weighted by molar-refractivity contribution is 0.102. The Balaban J connectivity index is 1.86. The lowest BCUT2D eigenvalue weighted by atomic mass is 10.0. The number of rotatable bonds is 3. The molecular formula is C25H21BrN2O. The van der Waals surface area contributed by atoms with Crippen molar-refractivity contribution in [3.8, 4) is 11.3 Å². The van der Waals surface area contributed by atoms with Crippen LogP contribution in [0, 0.1) is 20.8 Å². The van der Waals surface area contributed by atoms with Gasteiger partial charge in [0.2, 0.25) is 0 Å². The van der Waals surface area contributed by atoms with Crippen molar-refractivity contribution in [2.24, 2.45) is 0 Å². The summed E-state index contributed by atoms with van der Waals surface area (Å²) in [7, 11) is 0. The zero-order valence-corrected chi connectivity index (χ0v) is 18.2. The predicted molar refractivity (Wildman–Crippen MR) is 123 cm³/mol. The van der Waals surface area contributed by atoms with Gasteiger partial charge in [-0.3, -0.25) is 4.79 Å². The maximum absolute atomic E-state index is 13.3. The summed E-state index contributed by atoms with van der Waals surface area (Å²) in [6.45, 7) is 6.12. The maximum atomic E-state index is 13.3. The van der Waals surface area contributed by atoms with E-state index in [-0.39, 0.29) is 5.91 Å². The Morgan fingerprint density at radius 3 is 2.34 bits per heavy atom. The fraction of sp³-hybridized carbons (Fsp3) is 0.120. The van der Waals surface area contributed by atoms with Crippen molar-refractivity contribution in [3.05, 3.63) is 93.5 Å². The summed E-state index contributed by atoms with van der Waals surface area (Å²) in [6, 6.07) is 21.7. The van der Waals surface area contributed by atoms with Gasteiger partial charge in [0.25, 0.3) is 5.91 Å². The topological polar surface area (TPSA) is 42.0 Å². The summed E-state index contributed by atoms with van der Waals surface area (Å²) in [5.74, 6) is -0.143. The average Bonchev–Trinajstić information content (AvgIpc) is 2.70. The highest BCUT2D eigenvalue weighted by Crippen LogP contribution is 2.30. The number of nitrogens with zero attached hydrogens (tertiary/aromatic N) is 1. The number of halogens is 1. The molecule has 0 bridgehead atoms. The van der Waals surface area contributed by atoms with Crippen molar-refractivity contribution in [3.63, 3.8) is 0 Å². The summed E-state index contributed by atoms with van der Waals surface area (Å²) in [5.41, 5.74) is 7.36. The summed E-state index contributed by atoms with van der Waals surface area (Å²) < 4.78 is 0.928. The number of fused-ring (bicyclic) bond motifs is 1. The van der Waals surface area contributed by atoms with Gasteiger partial charge in [-0.05, 0) is 67.8 Å². The van der Waals surface area contributed by atoms with Gasteiger partial charge in [0.1, 0.15) is 0 Å². The lowest BCUT2D eigenvalue weighted by Gasteiger charge is -2.13. The Morgan fingerprint density at radius 1 is 0.862 bits per heavy atom. The van der Waals surface area contributed by atoms with Crippen LogP contribution in [0.2, 0.25) is 0 Å². The predicted octanol–water partition coefficient (Wildman–Crippen LogP) is 6.84. The fourth-order valence-electron chi connectivity index (χ4n) is 3.42. The van der Waals surface area contributed by atoms with Gasteiger partial charge in [-0.2, -0.15) is 0 Å². The SMILES string of the molecule is Cc1ccc(NC(=O)c2cc(-c3ccccc3)nc3c(C)cc(Br)cc23)cc1C. The highest BCUT2D eigenvalue weighted by molar-refractivity contribution is 9.10. The minimum absolute atomic E-state index is 0.143. The van der Waals surface area contributed by atoms with E-state index in [2.05, 4.69) is 28.2 Å². The van der Waals surface area contributed by atoms with Gasteiger partial charge in [0.15, 0.2) is 0 Å². The molecule has 3 aromatic carbocycles. The summed E-state index contributed by atoms with van der Waals surface area (Å²) in [5, 5.41) is 3.89. The number of aryl methyl sites for hydroxylation is 3. The molecule has 4 aromatic rings. The fourth-order valence-corrected chi connectivity index (χ4v) is 3.99. The van der Waals surface area contributed by atoms with Crippen LogP contribution in [0.4, 0.5) is 5.69 Å². The van der Waals surface area contributed by atoms with Gasteiger partial charge in [0, 0.05) is 21.1 Å². The number of amides is 1. The third-order valence-electron chi connectivity index (χ3n) is 5.15. The first-order chi connectivity index (χ1) is 13.9. The van der Waals surface area contributed by atoms with Crippen LogP contribution in [0.15, 0.2) is 71.2 Å². The van der Waals surface area contributed by atoms with Gasteiger partial charge in [-0.25, -0.2) is 4.98 Å². The van der Waals surface area contributed by atoms with E-state index in [0.717, 1.165) is 43.4 Å². The third-order valence-corrected chi connectivity index (χ3v) is 5.61. The highest BCUT2D eigenvalue weighted by atomic mass is 79.9. The number of carbonyl (C=O) groups excluding carboxylic acids is 1. The Morgan fingerprint density at radius 2 is 1.62 bits per heavy atom. The molecule has 0 aliphatic rings. The number of anilines is 1. The van der Waals surface area contributed by atoms with E-state index in [4.69, 9.17) is 4.98 Å². The van der Waals surface area contributed by atoms with Crippen molar-refractivity contribution >= 4 is 38.4 Å². The molecule has 1 N–H and O–H groups in total. The van der Waals surface area contributed by atoms with Crippen molar-refractivity contribution in [1.82, 2.24) is 4.98 Å². The van der Waals surface area contributed by atoms with Gasteiger partial charge >= 0.3 is 0 Å². The molecule has 0 spiro atoms. The molecule has 1 aromatic heterocycles. The average molecular weight is 445 g/mol. The van der Waals surface area contributed by atoms with E-state index in [1.54, 1.807) is 0 Å². The van der Waals surface area contributed by atoms with Gasteiger partial charge in [0.05, 0.1) is 16.8 Å². The molecule has 1 heterocycles. The lowest BCUT2D eigenvalue weighted by Crippen LogP contribution is -2.13. The first kappa shape index (κ1) is 19.3. The molecule has 0 aliphatic carbocycles. The minimum atomic E-state index is -0.143. The third kappa shape index (κ3) is 3.94. The number of hydrogen-bond acceptors (Lipinski definition) is 2. The van der Waals surface area contributed by atoms with Crippen LogP contribution in [-0.4, -0.2) is 10.9 Å². The number of hydrogen-bond donors (Lipinski definition) is 1. The first-order valence-electron chi connectivity index (χ1n) is 9.47. The van der Waals surface area contributed by atoms with Crippen LogP contribution in [-0.2, 0) is 0 Å². The zero-order chi connectivity index (χ0) is 20.5. The molecule has 29 heavy (non-hydrogen) atoms. The van der Waals surface area contributed by atoms with Crippen LogP contribution >= 0.6 is 15.9 Å². The van der Waals surface area contributed by atoms with E-state index >= 15 is 0 Å². The molecule has 4 heteroatoms. The van der Waals surface area contributed by atoms with E-state index in [0.29, 0.717) is 5.56 Å². The van der Waals surface area contributed by atoms with Gasteiger partial charge in [-0.1, -0.05) is 52.3 Å². The number of benzene rings is 3. The van der Waals surface area contributed by atoms with Crippen molar-refractivity contribution < 1.29 is 4.79 Å². The molecule has 0 fully saturated rings. The van der Waals surface area contributed by atoms with Crippen molar-refractivity contribution in [2.45, 2.75) is 20.8 Å². The molecule has 3 nitrogen and oxygen atoms in total. The van der Waals surface area contributed by atoms with E-state index < -0.39 is 0 Å². The molecule has 0 atom stereocenters. The quantitative estimate of drug-likeness (QED) is 0.375. The van der Waals surface area contributed by atoms with Crippen LogP contribution in [0.3, 0.4) is 0 Å². The Hall–Kier alpha value is -2.98. The molecule has 0 saturated heterocycles.